The van der Waals surface area contributed by atoms with Gasteiger partial charge in [0, 0.05) is 11.3 Å². The van der Waals surface area contributed by atoms with Crippen molar-refractivity contribution >= 4 is 23.0 Å². The summed E-state index contributed by atoms with van der Waals surface area (Å²) in [5, 5.41) is 22.6. The lowest BCUT2D eigenvalue weighted by molar-refractivity contribution is 0.100. The molecule has 0 aliphatic rings. The largest absolute Gasteiger partial charge is 0.506 e. The molecule has 1 amide bonds. The number of rotatable bonds is 4. The molecule has 3 aromatic rings. The average molecular weight is 335 g/mol. The third-order valence-corrected chi connectivity index (χ3v) is 3.81. The van der Waals surface area contributed by atoms with Crippen LogP contribution in [0.2, 0.25) is 0 Å². The molecule has 0 saturated carbocycles. The fourth-order valence-corrected chi connectivity index (χ4v) is 2.54. The number of benzene rings is 3. The average Bonchev–Trinajstić information content (AvgIpc) is 2.60. The molecule has 0 aliphatic carbocycles. The molecule has 0 fully saturated rings. The first-order valence-corrected chi connectivity index (χ1v) is 7.53. The van der Waals surface area contributed by atoms with Crippen LogP contribution >= 0.6 is 0 Å². The van der Waals surface area contributed by atoms with Crippen LogP contribution in [0.25, 0.3) is 11.1 Å². The van der Waals surface area contributed by atoms with E-state index in [1.807, 2.05) is 6.07 Å². The fraction of sp³-hybridized carbons (Fsp3) is 0. The molecule has 7 N–H and O–H groups in total. The summed E-state index contributed by atoms with van der Waals surface area (Å²) in [6.45, 7) is 0. The number of hydrogen-bond donors (Lipinski definition) is 5. The number of nitrogens with two attached hydrogens (primary N) is 2. The lowest BCUT2D eigenvalue weighted by Gasteiger charge is -2.13. The van der Waals surface area contributed by atoms with Crippen molar-refractivity contribution in [2.45, 2.75) is 0 Å². The van der Waals surface area contributed by atoms with Crippen molar-refractivity contribution in [1.29, 1.82) is 0 Å². The van der Waals surface area contributed by atoms with Crippen molar-refractivity contribution in [3.63, 3.8) is 0 Å². The van der Waals surface area contributed by atoms with Crippen LogP contribution in [0.15, 0.2) is 60.7 Å². The van der Waals surface area contributed by atoms with Gasteiger partial charge in [-0.2, -0.15) is 0 Å². The number of phenols is 2. The Morgan fingerprint density at radius 1 is 0.920 bits per heavy atom. The molecule has 0 aromatic heterocycles. The highest BCUT2D eigenvalue weighted by atomic mass is 16.3. The summed E-state index contributed by atoms with van der Waals surface area (Å²) in [6, 6.07) is 16.6. The van der Waals surface area contributed by atoms with Gasteiger partial charge < -0.3 is 27.0 Å². The lowest BCUT2D eigenvalue weighted by Crippen LogP contribution is -2.12. The van der Waals surface area contributed by atoms with Crippen LogP contribution in [0.3, 0.4) is 0 Å². The number of aromatic hydroxyl groups is 2. The molecule has 126 valence electrons. The van der Waals surface area contributed by atoms with Crippen molar-refractivity contribution in [3.05, 3.63) is 66.2 Å². The van der Waals surface area contributed by atoms with Crippen LogP contribution in [0, 0.1) is 0 Å². The molecule has 6 nitrogen and oxygen atoms in total. The number of amides is 1. The summed E-state index contributed by atoms with van der Waals surface area (Å²) in [5.74, 6) is -0.504. The maximum absolute atomic E-state index is 11.6. The molecule has 0 unspecified atom stereocenters. The van der Waals surface area contributed by atoms with E-state index in [1.54, 1.807) is 42.5 Å². The van der Waals surface area contributed by atoms with E-state index in [1.165, 1.54) is 12.1 Å². The molecular formula is C19H17N3O3. The van der Waals surface area contributed by atoms with Crippen molar-refractivity contribution in [2.75, 3.05) is 11.1 Å². The van der Waals surface area contributed by atoms with Gasteiger partial charge in [0.1, 0.15) is 11.5 Å². The van der Waals surface area contributed by atoms with Gasteiger partial charge in [0.05, 0.1) is 11.4 Å². The van der Waals surface area contributed by atoms with Gasteiger partial charge in [0.2, 0.25) is 5.91 Å². The Morgan fingerprint density at radius 2 is 1.64 bits per heavy atom. The maximum Gasteiger partial charge on any atom is 0.249 e. The number of nitrogen functional groups attached to an aromatic ring is 1. The van der Waals surface area contributed by atoms with E-state index in [0.717, 1.165) is 5.56 Å². The molecule has 0 saturated heterocycles. The summed E-state index contributed by atoms with van der Waals surface area (Å²) in [4.78, 5) is 11.6. The molecule has 0 bridgehead atoms. The zero-order valence-electron chi connectivity index (χ0n) is 13.2. The van der Waals surface area contributed by atoms with E-state index in [9.17, 15) is 15.0 Å². The number of carbonyl (C=O) groups excluding carboxylic acids is 1. The van der Waals surface area contributed by atoms with Crippen molar-refractivity contribution in [2.24, 2.45) is 5.73 Å². The van der Waals surface area contributed by atoms with Gasteiger partial charge in [-0.1, -0.05) is 24.3 Å². The SMILES string of the molecule is NC(=O)c1ccccc1-c1ccc(O)c(Nc2ccc(O)c(N)c2)c1. The third-order valence-electron chi connectivity index (χ3n) is 3.81. The monoisotopic (exact) mass is 335 g/mol. The van der Waals surface area contributed by atoms with E-state index in [2.05, 4.69) is 5.32 Å². The number of carbonyl (C=O) groups is 1. The fourth-order valence-electron chi connectivity index (χ4n) is 2.54. The van der Waals surface area contributed by atoms with E-state index in [0.29, 0.717) is 22.5 Å². The summed E-state index contributed by atoms with van der Waals surface area (Å²) in [7, 11) is 0. The van der Waals surface area contributed by atoms with Gasteiger partial charge in [-0.15, -0.1) is 0 Å². The molecule has 0 spiro atoms. The van der Waals surface area contributed by atoms with E-state index in [4.69, 9.17) is 11.5 Å². The molecule has 3 aromatic carbocycles. The van der Waals surface area contributed by atoms with Crippen molar-refractivity contribution in [1.82, 2.24) is 0 Å². The first-order chi connectivity index (χ1) is 12.0. The van der Waals surface area contributed by atoms with Gasteiger partial charge in [-0.05, 0) is 47.5 Å². The Labute approximate surface area is 144 Å². The van der Waals surface area contributed by atoms with E-state index >= 15 is 0 Å². The predicted molar refractivity (Wildman–Crippen MR) is 97.9 cm³/mol. The zero-order chi connectivity index (χ0) is 18.0. The van der Waals surface area contributed by atoms with Gasteiger partial charge >= 0.3 is 0 Å². The van der Waals surface area contributed by atoms with Crippen LogP contribution in [0.5, 0.6) is 11.5 Å². The predicted octanol–water partition coefficient (Wildman–Crippen LogP) is 3.19. The number of phenolic OH excluding ortho intramolecular Hbond substituents is 2. The molecule has 0 heterocycles. The topological polar surface area (TPSA) is 122 Å². The lowest BCUT2D eigenvalue weighted by atomic mass is 9.98. The molecule has 0 radical (unpaired) electrons. The molecule has 6 heteroatoms. The Hall–Kier alpha value is -3.67. The first-order valence-electron chi connectivity index (χ1n) is 7.53. The van der Waals surface area contributed by atoms with Crippen LogP contribution in [-0.4, -0.2) is 16.1 Å². The highest BCUT2D eigenvalue weighted by Gasteiger charge is 2.12. The van der Waals surface area contributed by atoms with Gasteiger partial charge in [-0.3, -0.25) is 4.79 Å². The quantitative estimate of drug-likeness (QED) is 0.285. The standard InChI is InChI=1S/C19H17N3O3/c20-15-10-12(6-8-17(15)23)22-16-9-11(5-7-18(16)24)13-3-1-2-4-14(13)19(21)25/h1-10,22-24H,20H2,(H2,21,25). The van der Waals surface area contributed by atoms with E-state index < -0.39 is 5.91 Å². The number of nitrogens with one attached hydrogen (secondary N) is 1. The number of primary amides is 1. The molecule has 25 heavy (non-hydrogen) atoms. The van der Waals surface area contributed by atoms with Crippen LogP contribution in [-0.2, 0) is 0 Å². The molecule has 3 rings (SSSR count). The minimum absolute atomic E-state index is 0.0149. The number of hydrogen-bond acceptors (Lipinski definition) is 5. The van der Waals surface area contributed by atoms with Crippen LogP contribution < -0.4 is 16.8 Å². The summed E-state index contributed by atoms with van der Waals surface area (Å²) in [6.07, 6.45) is 0. The summed E-state index contributed by atoms with van der Waals surface area (Å²) < 4.78 is 0. The molecule has 0 atom stereocenters. The highest BCUT2D eigenvalue weighted by molar-refractivity contribution is 6.00. The maximum atomic E-state index is 11.6. The summed E-state index contributed by atoms with van der Waals surface area (Å²) in [5.41, 5.74) is 14.2. The van der Waals surface area contributed by atoms with Crippen molar-refractivity contribution in [3.8, 4) is 22.6 Å². The normalized spacial score (nSPS) is 10.4. The van der Waals surface area contributed by atoms with Gasteiger partial charge in [0.25, 0.3) is 0 Å². The van der Waals surface area contributed by atoms with Gasteiger partial charge in [-0.25, -0.2) is 0 Å². The molecule has 0 aliphatic heterocycles. The van der Waals surface area contributed by atoms with E-state index in [-0.39, 0.29) is 17.2 Å². The Kier molecular flexibility index (Phi) is 4.18. The third kappa shape index (κ3) is 3.32. The Morgan fingerprint density at radius 3 is 2.36 bits per heavy atom. The minimum Gasteiger partial charge on any atom is -0.506 e. The van der Waals surface area contributed by atoms with Crippen LogP contribution in [0.1, 0.15) is 10.4 Å². The van der Waals surface area contributed by atoms with Crippen LogP contribution in [0.4, 0.5) is 17.1 Å². The Balaban J connectivity index is 2.01. The summed E-state index contributed by atoms with van der Waals surface area (Å²) >= 11 is 0. The van der Waals surface area contributed by atoms with Gasteiger partial charge in [0.15, 0.2) is 0 Å². The zero-order valence-corrected chi connectivity index (χ0v) is 13.2. The smallest absolute Gasteiger partial charge is 0.249 e. The second kappa shape index (κ2) is 6.45. The minimum atomic E-state index is -0.524. The second-order valence-corrected chi connectivity index (χ2v) is 5.54. The Bertz CT molecular complexity index is 954. The first kappa shape index (κ1) is 16.2. The number of anilines is 3. The van der Waals surface area contributed by atoms with Crippen molar-refractivity contribution < 1.29 is 15.0 Å². The molecular weight excluding hydrogens is 318 g/mol. The second-order valence-electron chi connectivity index (χ2n) is 5.54. The highest BCUT2D eigenvalue weighted by Crippen LogP contribution is 2.34.